The molecular weight excluding hydrogens is 480 g/mol. The van der Waals surface area contributed by atoms with E-state index in [-0.39, 0.29) is 6.07 Å². The van der Waals surface area contributed by atoms with Crippen LogP contribution in [0.25, 0.3) is 0 Å². The Morgan fingerprint density at radius 3 is 1.26 bits per heavy atom. The van der Waals surface area contributed by atoms with Crippen LogP contribution in [0.1, 0.15) is 0 Å². The zero-order valence-electron chi connectivity index (χ0n) is 10.3. The smallest absolute Gasteiger partial charge is 0.475 e. The van der Waals surface area contributed by atoms with Gasteiger partial charge in [-0.15, -0.1) is 0 Å². The molecule has 0 atom stereocenters. The number of hydrogen-bond donors (Lipinski definition) is 1. The third-order valence-electron chi connectivity index (χ3n) is 2.02. The molecule has 0 fully saturated rings. The lowest BCUT2D eigenvalue weighted by molar-refractivity contribution is -0.268. The zero-order chi connectivity index (χ0) is 18.3. The molecule has 1 N–H and O–H groups in total. The van der Waals surface area contributed by atoms with E-state index >= 15 is 0 Å². The van der Waals surface area contributed by atoms with Crippen molar-refractivity contribution in [2.45, 2.75) is 21.9 Å². The topological polar surface area (TPSA) is 38.7 Å². The zero-order valence-corrected chi connectivity index (χ0v) is 13.4. The molecule has 0 spiro atoms. The van der Waals surface area contributed by atoms with Crippen LogP contribution in [0.4, 0.5) is 35.1 Å². The first-order chi connectivity index (χ1) is 10.1. The van der Waals surface area contributed by atoms with Crippen LogP contribution in [0.15, 0.2) is 18.2 Å². The number of hydrogen-bond acceptors (Lipinski definition) is 3. The van der Waals surface area contributed by atoms with E-state index < -0.39 is 39.1 Å². The largest absolute Gasteiger partial charge is 0.508 e. The number of ether oxygens (including phenoxy) is 2. The van der Waals surface area contributed by atoms with Gasteiger partial charge in [0.25, 0.3) is 0 Å². The number of phenolic OH excluding ortho intramolecular Hbond substituents is 1. The van der Waals surface area contributed by atoms with Gasteiger partial charge >= 0.3 is 21.9 Å². The summed E-state index contributed by atoms with van der Waals surface area (Å²) >= 11 is 2.68. The van der Waals surface area contributed by atoms with Gasteiger partial charge in [0.05, 0.1) is 0 Å². The molecule has 0 radical (unpaired) electrons. The van der Waals surface area contributed by atoms with E-state index in [9.17, 15) is 35.1 Å². The Labute approximate surface area is 139 Å². The Hall–Kier alpha value is -0.980. The monoisotopic (exact) mass is 482 g/mol. The molecule has 13 heteroatoms. The molecule has 0 unspecified atom stereocenters. The van der Waals surface area contributed by atoms with Gasteiger partial charge in [0.2, 0.25) is 0 Å². The summed E-state index contributed by atoms with van der Waals surface area (Å²) in [5.74, 6) is -3.52. The Balaban J connectivity index is 3.10. The van der Waals surface area contributed by atoms with Gasteiger partial charge in [-0.05, 0) is 0 Å². The van der Waals surface area contributed by atoms with Crippen molar-refractivity contribution in [3.05, 3.63) is 18.2 Å². The SMILES string of the molecule is Oc1cc(OC(F)(F)C(F)(F)Br)cc(OC(F)(F)C(F)(F)Br)c1. The van der Waals surface area contributed by atoms with E-state index in [1.165, 1.54) is 31.9 Å². The molecule has 0 amide bonds. The predicted octanol–water partition coefficient (Wildman–Crippen LogP) is 5.31. The van der Waals surface area contributed by atoms with Gasteiger partial charge in [0.1, 0.15) is 17.2 Å². The van der Waals surface area contributed by atoms with Gasteiger partial charge in [0.15, 0.2) is 0 Å². The van der Waals surface area contributed by atoms with E-state index in [0.29, 0.717) is 12.1 Å². The third-order valence-corrected chi connectivity index (χ3v) is 2.94. The maximum atomic E-state index is 13.0. The summed E-state index contributed by atoms with van der Waals surface area (Å²) < 4.78 is 109. The van der Waals surface area contributed by atoms with E-state index in [0.717, 1.165) is 0 Å². The number of aromatic hydroxyl groups is 1. The molecule has 0 aliphatic rings. The van der Waals surface area contributed by atoms with Crippen molar-refractivity contribution in [1.82, 2.24) is 0 Å². The minimum atomic E-state index is -5.14. The van der Waals surface area contributed by atoms with Gasteiger partial charge in [-0.1, -0.05) is 0 Å². The lowest BCUT2D eigenvalue weighted by Gasteiger charge is -2.24. The summed E-state index contributed by atoms with van der Waals surface area (Å²) in [6.45, 7) is 0. The summed E-state index contributed by atoms with van der Waals surface area (Å²) in [6.07, 6.45) is -10.3. The number of phenols is 1. The summed E-state index contributed by atoms with van der Waals surface area (Å²) in [5, 5.41) is 9.14. The van der Waals surface area contributed by atoms with Crippen LogP contribution < -0.4 is 9.47 Å². The van der Waals surface area contributed by atoms with Crippen LogP contribution >= 0.6 is 31.9 Å². The highest BCUT2D eigenvalue weighted by molar-refractivity contribution is 9.10. The quantitative estimate of drug-likeness (QED) is 0.440. The minimum absolute atomic E-state index is 0.180. The van der Waals surface area contributed by atoms with Crippen molar-refractivity contribution < 1.29 is 49.7 Å². The average molecular weight is 484 g/mol. The second-order valence-corrected chi connectivity index (χ2v) is 5.89. The Kier molecular flexibility index (Phi) is 5.36. The molecule has 0 aliphatic carbocycles. The molecule has 1 aromatic rings. The van der Waals surface area contributed by atoms with E-state index in [4.69, 9.17) is 5.11 Å². The average Bonchev–Trinajstić information content (AvgIpc) is 2.22. The molecule has 0 heterocycles. The van der Waals surface area contributed by atoms with Crippen molar-refractivity contribution in [2.24, 2.45) is 0 Å². The highest BCUT2D eigenvalue weighted by Crippen LogP contribution is 2.44. The van der Waals surface area contributed by atoms with Gasteiger partial charge in [-0.25, -0.2) is 0 Å². The Morgan fingerprint density at radius 2 is 1.00 bits per heavy atom. The van der Waals surface area contributed by atoms with Crippen molar-refractivity contribution in [3.8, 4) is 17.2 Å². The number of halogens is 10. The third kappa shape index (κ3) is 4.99. The Morgan fingerprint density at radius 1 is 0.696 bits per heavy atom. The highest BCUT2D eigenvalue weighted by atomic mass is 79.9. The second kappa shape index (κ2) is 6.15. The fourth-order valence-corrected chi connectivity index (χ4v) is 1.25. The summed E-state index contributed by atoms with van der Waals surface area (Å²) in [7, 11) is 0. The first-order valence-electron chi connectivity index (χ1n) is 5.16. The fourth-order valence-electron chi connectivity index (χ4n) is 1.09. The molecule has 132 valence electrons. The van der Waals surface area contributed by atoms with Crippen LogP contribution in [0.2, 0.25) is 0 Å². The molecule has 0 saturated heterocycles. The van der Waals surface area contributed by atoms with Crippen molar-refractivity contribution in [3.63, 3.8) is 0 Å². The molecule has 0 aliphatic heterocycles. The molecule has 0 saturated carbocycles. The van der Waals surface area contributed by atoms with Crippen molar-refractivity contribution in [2.75, 3.05) is 0 Å². The molecule has 1 rings (SSSR count). The molecule has 1 aromatic carbocycles. The normalized spacial score (nSPS) is 13.8. The first kappa shape index (κ1) is 20.1. The van der Waals surface area contributed by atoms with Crippen LogP contribution in [-0.2, 0) is 0 Å². The van der Waals surface area contributed by atoms with Crippen molar-refractivity contribution >= 4 is 31.9 Å². The van der Waals surface area contributed by atoms with E-state index in [2.05, 4.69) is 9.47 Å². The van der Waals surface area contributed by atoms with Gasteiger partial charge in [0, 0.05) is 50.1 Å². The number of alkyl halides is 10. The molecule has 0 bridgehead atoms. The van der Waals surface area contributed by atoms with E-state index in [1.54, 1.807) is 0 Å². The molecule has 23 heavy (non-hydrogen) atoms. The second-order valence-electron chi connectivity index (χ2n) is 3.90. The van der Waals surface area contributed by atoms with Crippen LogP contribution in [-0.4, -0.2) is 27.0 Å². The summed E-state index contributed by atoms with van der Waals surface area (Å²) in [6, 6.07) is 0.882. The molecule has 3 nitrogen and oxygen atoms in total. The van der Waals surface area contributed by atoms with Gasteiger partial charge < -0.3 is 14.6 Å². The minimum Gasteiger partial charge on any atom is -0.508 e. The summed E-state index contributed by atoms with van der Waals surface area (Å²) in [5.41, 5.74) is 0. The lowest BCUT2D eigenvalue weighted by Crippen LogP contribution is -2.41. The van der Waals surface area contributed by atoms with Crippen molar-refractivity contribution in [1.29, 1.82) is 0 Å². The standard InChI is InChI=1S/C10H4Br2F8O3/c11-7(13,14)9(17,18)22-5-1-4(21)2-6(3-5)23-10(19,20)8(12,15)16/h1-3,21H. The Bertz CT molecular complexity index is 524. The number of rotatable bonds is 6. The van der Waals surface area contributed by atoms with Crippen LogP contribution in [0.3, 0.4) is 0 Å². The maximum Gasteiger partial charge on any atom is 0.475 e. The fraction of sp³-hybridized carbons (Fsp3) is 0.400. The summed E-state index contributed by atoms with van der Waals surface area (Å²) in [4.78, 5) is -9.67. The van der Waals surface area contributed by atoms with Gasteiger partial charge in [-0.3, -0.25) is 0 Å². The van der Waals surface area contributed by atoms with E-state index in [1.807, 2.05) is 0 Å². The lowest BCUT2D eigenvalue weighted by atomic mass is 10.3. The van der Waals surface area contributed by atoms with Crippen LogP contribution in [0.5, 0.6) is 17.2 Å². The molecular formula is C10H4Br2F8O3. The number of benzene rings is 1. The highest BCUT2D eigenvalue weighted by Gasteiger charge is 2.59. The predicted molar refractivity (Wildman–Crippen MR) is 67.0 cm³/mol. The molecule has 0 aromatic heterocycles. The maximum absolute atomic E-state index is 13.0. The van der Waals surface area contributed by atoms with Gasteiger partial charge in [-0.2, -0.15) is 35.1 Å². The van der Waals surface area contributed by atoms with Crippen LogP contribution in [0, 0.1) is 0 Å². The first-order valence-corrected chi connectivity index (χ1v) is 6.75.